The van der Waals surface area contributed by atoms with Crippen LogP contribution in [-0.2, 0) is 22.7 Å². The summed E-state index contributed by atoms with van der Waals surface area (Å²) in [7, 11) is 0. The Hall–Kier alpha value is -2.90. The standard InChI is InChI=1S/C26H34N4O3/c27-25(31)19-33-22-12-10-20(11-13-22)16-28-26(32)18-30-15-5-9-24(30)23-8-4-14-29(23)17-21-6-2-1-3-7-21/h1-3,6-7,10-13,23-24H,4-5,8-9,14-19H2,(H2,27,31)(H,28,32)/t23-,24-/m1/s1. The number of carbonyl (C=O) groups excluding carboxylic acids is 2. The van der Waals surface area contributed by atoms with Crippen LogP contribution in [-0.4, -0.2) is 59.9 Å². The average Bonchev–Trinajstić information content (AvgIpc) is 3.46. The Bertz CT molecular complexity index is 919. The van der Waals surface area contributed by atoms with Gasteiger partial charge in [0, 0.05) is 25.2 Å². The second kappa shape index (κ2) is 11.3. The number of ether oxygens (including phenoxy) is 1. The van der Waals surface area contributed by atoms with Crippen molar-refractivity contribution in [2.75, 3.05) is 26.2 Å². The summed E-state index contributed by atoms with van der Waals surface area (Å²) in [4.78, 5) is 28.5. The minimum absolute atomic E-state index is 0.0589. The Kier molecular flexibility index (Phi) is 7.96. The van der Waals surface area contributed by atoms with Gasteiger partial charge in [0.2, 0.25) is 5.91 Å². The van der Waals surface area contributed by atoms with Gasteiger partial charge in [-0.2, -0.15) is 0 Å². The maximum atomic E-state index is 12.7. The second-order valence-corrected chi connectivity index (χ2v) is 9.02. The van der Waals surface area contributed by atoms with Gasteiger partial charge in [0.05, 0.1) is 6.54 Å². The molecule has 2 amide bonds. The molecule has 176 valence electrons. The zero-order valence-corrected chi connectivity index (χ0v) is 19.1. The van der Waals surface area contributed by atoms with Crippen LogP contribution in [0, 0.1) is 0 Å². The van der Waals surface area contributed by atoms with Crippen molar-refractivity contribution in [3.63, 3.8) is 0 Å². The topological polar surface area (TPSA) is 87.9 Å². The number of benzene rings is 2. The quantitative estimate of drug-likeness (QED) is 0.580. The summed E-state index contributed by atoms with van der Waals surface area (Å²) in [5, 5.41) is 3.05. The van der Waals surface area contributed by atoms with Crippen LogP contribution >= 0.6 is 0 Å². The number of carbonyl (C=O) groups is 2. The van der Waals surface area contributed by atoms with E-state index in [0.29, 0.717) is 30.9 Å². The number of primary amides is 1. The van der Waals surface area contributed by atoms with Gasteiger partial charge in [0.25, 0.3) is 5.91 Å². The van der Waals surface area contributed by atoms with E-state index in [0.717, 1.165) is 38.0 Å². The van der Waals surface area contributed by atoms with E-state index in [1.54, 1.807) is 12.1 Å². The number of likely N-dealkylation sites (tertiary alicyclic amines) is 2. The van der Waals surface area contributed by atoms with E-state index < -0.39 is 5.91 Å². The minimum Gasteiger partial charge on any atom is -0.484 e. The highest BCUT2D eigenvalue weighted by Gasteiger charge is 2.38. The second-order valence-electron chi connectivity index (χ2n) is 9.02. The Morgan fingerprint density at radius 2 is 1.58 bits per heavy atom. The van der Waals surface area contributed by atoms with Gasteiger partial charge in [-0.1, -0.05) is 42.5 Å². The molecule has 0 aliphatic carbocycles. The van der Waals surface area contributed by atoms with Gasteiger partial charge in [-0.05, 0) is 62.0 Å². The SMILES string of the molecule is NC(=O)COc1ccc(CNC(=O)CN2CCC[C@@H]2[C@H]2CCCN2Cc2ccccc2)cc1. The largest absolute Gasteiger partial charge is 0.484 e. The van der Waals surface area contributed by atoms with E-state index in [4.69, 9.17) is 10.5 Å². The van der Waals surface area contributed by atoms with E-state index in [2.05, 4.69) is 45.4 Å². The molecule has 3 N–H and O–H groups in total. The Morgan fingerprint density at radius 3 is 2.27 bits per heavy atom. The van der Waals surface area contributed by atoms with Gasteiger partial charge in [0.15, 0.2) is 6.61 Å². The van der Waals surface area contributed by atoms with Crippen molar-refractivity contribution in [1.29, 1.82) is 0 Å². The molecule has 0 unspecified atom stereocenters. The van der Waals surface area contributed by atoms with Gasteiger partial charge in [-0.25, -0.2) is 0 Å². The zero-order chi connectivity index (χ0) is 23.0. The van der Waals surface area contributed by atoms with Crippen LogP contribution in [0.15, 0.2) is 54.6 Å². The molecule has 33 heavy (non-hydrogen) atoms. The molecule has 2 saturated heterocycles. The lowest BCUT2D eigenvalue weighted by Crippen LogP contribution is -2.48. The fourth-order valence-electron chi connectivity index (χ4n) is 5.08. The first-order chi connectivity index (χ1) is 16.1. The van der Waals surface area contributed by atoms with Crippen molar-refractivity contribution >= 4 is 11.8 Å². The van der Waals surface area contributed by atoms with Crippen LogP contribution < -0.4 is 15.8 Å². The number of amides is 2. The fraction of sp³-hybridized carbons (Fsp3) is 0.462. The number of rotatable bonds is 10. The number of hydrogen-bond donors (Lipinski definition) is 2. The number of nitrogens with zero attached hydrogens (tertiary/aromatic N) is 2. The number of nitrogens with two attached hydrogens (primary N) is 1. The minimum atomic E-state index is -0.507. The molecule has 2 atom stereocenters. The molecular weight excluding hydrogens is 416 g/mol. The van der Waals surface area contributed by atoms with E-state index in [1.807, 2.05) is 12.1 Å². The molecular formula is C26H34N4O3. The van der Waals surface area contributed by atoms with Gasteiger partial charge >= 0.3 is 0 Å². The summed E-state index contributed by atoms with van der Waals surface area (Å²) in [6, 6.07) is 19.0. The maximum Gasteiger partial charge on any atom is 0.255 e. The summed E-state index contributed by atoms with van der Waals surface area (Å²) in [6.07, 6.45) is 4.75. The first-order valence-electron chi connectivity index (χ1n) is 11.9. The Labute approximate surface area is 195 Å². The monoisotopic (exact) mass is 450 g/mol. The maximum absolute atomic E-state index is 12.7. The lowest BCUT2D eigenvalue weighted by molar-refractivity contribution is -0.123. The van der Waals surface area contributed by atoms with Crippen molar-refractivity contribution in [1.82, 2.24) is 15.1 Å². The number of nitrogens with one attached hydrogen (secondary N) is 1. The molecule has 2 fully saturated rings. The first kappa shape index (κ1) is 23.3. The summed E-state index contributed by atoms with van der Waals surface area (Å²) < 4.78 is 5.27. The molecule has 2 aromatic carbocycles. The molecule has 2 aliphatic heterocycles. The predicted octanol–water partition coefficient (Wildman–Crippen LogP) is 2.30. The molecule has 7 nitrogen and oxygen atoms in total. The van der Waals surface area contributed by atoms with Gasteiger partial charge in [-0.15, -0.1) is 0 Å². The number of hydrogen-bond acceptors (Lipinski definition) is 5. The lowest BCUT2D eigenvalue weighted by Gasteiger charge is -2.34. The van der Waals surface area contributed by atoms with Crippen LogP contribution in [0.2, 0.25) is 0 Å². The average molecular weight is 451 g/mol. The third-order valence-electron chi connectivity index (χ3n) is 6.64. The highest BCUT2D eigenvalue weighted by molar-refractivity contribution is 5.78. The van der Waals surface area contributed by atoms with Crippen LogP contribution in [0.4, 0.5) is 0 Å². The van der Waals surface area contributed by atoms with Gasteiger partial charge in [-0.3, -0.25) is 19.4 Å². The van der Waals surface area contributed by atoms with Crippen molar-refractivity contribution in [3.8, 4) is 5.75 Å². The molecule has 2 aromatic rings. The Balaban J connectivity index is 1.26. The fourth-order valence-corrected chi connectivity index (χ4v) is 5.08. The zero-order valence-electron chi connectivity index (χ0n) is 19.1. The molecule has 0 radical (unpaired) electrons. The highest BCUT2D eigenvalue weighted by Crippen LogP contribution is 2.30. The van der Waals surface area contributed by atoms with Crippen LogP contribution in [0.5, 0.6) is 5.75 Å². The predicted molar refractivity (Wildman–Crippen MR) is 127 cm³/mol. The molecule has 7 heteroatoms. The molecule has 2 heterocycles. The lowest BCUT2D eigenvalue weighted by atomic mass is 10.0. The first-order valence-corrected chi connectivity index (χ1v) is 11.9. The summed E-state index contributed by atoms with van der Waals surface area (Å²) in [5.74, 6) is 0.135. The van der Waals surface area contributed by atoms with Crippen LogP contribution in [0.3, 0.4) is 0 Å². The van der Waals surface area contributed by atoms with Crippen molar-refractivity contribution in [2.45, 2.75) is 50.9 Å². The Morgan fingerprint density at radius 1 is 0.909 bits per heavy atom. The van der Waals surface area contributed by atoms with E-state index in [-0.39, 0.29) is 12.5 Å². The van der Waals surface area contributed by atoms with E-state index in [1.165, 1.54) is 18.4 Å². The van der Waals surface area contributed by atoms with Crippen LogP contribution in [0.1, 0.15) is 36.8 Å². The molecule has 2 aliphatic rings. The van der Waals surface area contributed by atoms with Gasteiger partial charge < -0.3 is 15.8 Å². The molecule has 0 aromatic heterocycles. The van der Waals surface area contributed by atoms with Crippen molar-refractivity contribution in [2.24, 2.45) is 5.73 Å². The molecule has 0 bridgehead atoms. The molecule has 4 rings (SSSR count). The summed E-state index contributed by atoms with van der Waals surface area (Å²) in [6.45, 7) is 3.88. The van der Waals surface area contributed by atoms with Crippen molar-refractivity contribution < 1.29 is 14.3 Å². The van der Waals surface area contributed by atoms with E-state index >= 15 is 0 Å². The normalized spacial score (nSPS) is 21.2. The van der Waals surface area contributed by atoms with Crippen LogP contribution in [0.25, 0.3) is 0 Å². The van der Waals surface area contributed by atoms with Gasteiger partial charge in [0.1, 0.15) is 5.75 Å². The third-order valence-corrected chi connectivity index (χ3v) is 6.64. The molecule has 0 spiro atoms. The van der Waals surface area contributed by atoms with E-state index in [9.17, 15) is 9.59 Å². The summed E-state index contributed by atoms with van der Waals surface area (Å²) >= 11 is 0. The highest BCUT2D eigenvalue weighted by atomic mass is 16.5. The van der Waals surface area contributed by atoms with Crippen molar-refractivity contribution in [3.05, 3.63) is 65.7 Å². The third kappa shape index (κ3) is 6.55. The smallest absolute Gasteiger partial charge is 0.255 e. The summed E-state index contributed by atoms with van der Waals surface area (Å²) in [5.41, 5.74) is 7.43. The molecule has 0 saturated carbocycles.